The minimum absolute atomic E-state index is 0.0302. The summed E-state index contributed by atoms with van der Waals surface area (Å²) >= 11 is 0. The third kappa shape index (κ3) is 3.96. The smallest absolute Gasteiger partial charge is 0.226 e. The molecule has 1 heterocycles. The van der Waals surface area contributed by atoms with Crippen molar-refractivity contribution in [3.8, 4) is 0 Å². The Morgan fingerprint density at radius 3 is 2.60 bits per heavy atom. The number of halogens is 1. The molecule has 5 nitrogen and oxygen atoms in total. The molecule has 0 saturated heterocycles. The van der Waals surface area contributed by atoms with Crippen LogP contribution in [0.1, 0.15) is 17.5 Å². The van der Waals surface area contributed by atoms with E-state index in [1.54, 1.807) is 19.0 Å². The van der Waals surface area contributed by atoms with E-state index in [1.807, 2.05) is 24.3 Å². The Hall–Kier alpha value is -2.89. The number of aryl methyl sites for hydroxylation is 1. The molecule has 0 radical (unpaired) electrons. The van der Waals surface area contributed by atoms with Crippen LogP contribution in [0.2, 0.25) is 0 Å². The van der Waals surface area contributed by atoms with Gasteiger partial charge in [-0.3, -0.25) is 9.59 Å². The van der Waals surface area contributed by atoms with E-state index in [4.69, 9.17) is 0 Å². The second kappa shape index (κ2) is 6.93. The van der Waals surface area contributed by atoms with Crippen molar-refractivity contribution in [2.75, 3.05) is 24.7 Å². The summed E-state index contributed by atoms with van der Waals surface area (Å²) in [6, 6.07) is 10.2. The fourth-order valence-corrected chi connectivity index (χ4v) is 2.75. The van der Waals surface area contributed by atoms with Crippen molar-refractivity contribution in [2.24, 2.45) is 0 Å². The largest absolute Gasteiger partial charge is 0.354 e. The number of carbonyl (C=O) groups excluding carboxylic acids is 2. The van der Waals surface area contributed by atoms with E-state index >= 15 is 0 Å². The second-order valence-electron chi connectivity index (χ2n) is 6.32. The van der Waals surface area contributed by atoms with Crippen LogP contribution in [0.4, 0.5) is 21.5 Å². The third-order valence-electron chi connectivity index (χ3n) is 4.16. The molecule has 3 rings (SSSR count). The first-order valence-electron chi connectivity index (χ1n) is 8.11. The lowest BCUT2D eigenvalue weighted by Crippen LogP contribution is -2.23. The summed E-state index contributed by atoms with van der Waals surface area (Å²) in [4.78, 5) is 24.9. The molecule has 0 spiro atoms. The first-order valence-corrected chi connectivity index (χ1v) is 8.11. The molecule has 1 aliphatic rings. The zero-order valence-electron chi connectivity index (χ0n) is 14.2. The Balaban J connectivity index is 1.80. The summed E-state index contributed by atoms with van der Waals surface area (Å²) in [5.74, 6) is -0.382. The van der Waals surface area contributed by atoms with Gasteiger partial charge in [-0.15, -0.1) is 0 Å². The molecular formula is C19H20FN3O2. The maximum Gasteiger partial charge on any atom is 0.226 e. The molecule has 0 saturated carbocycles. The average Bonchev–Trinajstić information content (AvgIpc) is 2.57. The summed E-state index contributed by atoms with van der Waals surface area (Å²) in [7, 11) is 3.44. The highest BCUT2D eigenvalue weighted by molar-refractivity contribution is 5.98. The lowest BCUT2D eigenvalue weighted by Gasteiger charge is -2.21. The van der Waals surface area contributed by atoms with Crippen LogP contribution in [-0.2, 0) is 22.4 Å². The molecule has 0 unspecified atom stereocenters. The summed E-state index contributed by atoms with van der Waals surface area (Å²) in [5, 5.41) is 5.95. The number of anilines is 3. The molecule has 2 aromatic carbocycles. The Bertz CT molecular complexity index is 816. The number of amides is 2. The van der Waals surface area contributed by atoms with Crippen molar-refractivity contribution >= 4 is 28.9 Å². The number of nitrogens with one attached hydrogen (secondary N) is 2. The first kappa shape index (κ1) is 17.0. The van der Waals surface area contributed by atoms with E-state index < -0.39 is 0 Å². The van der Waals surface area contributed by atoms with Crippen molar-refractivity contribution in [3.63, 3.8) is 0 Å². The summed E-state index contributed by atoms with van der Waals surface area (Å²) in [5.41, 5.74) is 3.60. The number of carbonyl (C=O) groups is 2. The number of fused-ring (bicyclic) bond motifs is 1. The van der Waals surface area contributed by atoms with Crippen molar-refractivity contribution in [1.29, 1.82) is 0 Å². The van der Waals surface area contributed by atoms with Crippen LogP contribution in [-0.4, -0.2) is 30.8 Å². The Morgan fingerprint density at radius 1 is 1.20 bits per heavy atom. The Kier molecular flexibility index (Phi) is 4.70. The maximum absolute atomic E-state index is 13.8. The van der Waals surface area contributed by atoms with E-state index in [1.165, 1.54) is 12.1 Å². The molecule has 25 heavy (non-hydrogen) atoms. The highest BCUT2D eigenvalue weighted by Gasteiger charge is 2.19. The number of rotatable bonds is 4. The minimum Gasteiger partial charge on any atom is -0.354 e. The van der Waals surface area contributed by atoms with Gasteiger partial charge in [-0.1, -0.05) is 12.1 Å². The molecular weight excluding hydrogens is 321 g/mol. The highest BCUT2D eigenvalue weighted by Crippen LogP contribution is 2.33. The summed E-state index contributed by atoms with van der Waals surface area (Å²) < 4.78 is 13.8. The van der Waals surface area contributed by atoms with Gasteiger partial charge in [-0.25, -0.2) is 4.39 Å². The van der Waals surface area contributed by atoms with Gasteiger partial charge in [0.15, 0.2) is 0 Å². The molecule has 0 bridgehead atoms. The molecule has 0 aromatic heterocycles. The van der Waals surface area contributed by atoms with Crippen LogP contribution in [0.25, 0.3) is 0 Å². The van der Waals surface area contributed by atoms with Crippen LogP contribution in [0.15, 0.2) is 36.4 Å². The van der Waals surface area contributed by atoms with Crippen LogP contribution in [0.3, 0.4) is 0 Å². The molecule has 6 heteroatoms. The van der Waals surface area contributed by atoms with Gasteiger partial charge in [0.2, 0.25) is 11.8 Å². The van der Waals surface area contributed by atoms with Gasteiger partial charge in [-0.05, 0) is 41.8 Å². The van der Waals surface area contributed by atoms with Gasteiger partial charge < -0.3 is 15.5 Å². The lowest BCUT2D eigenvalue weighted by atomic mass is 10.0. The zero-order chi connectivity index (χ0) is 18.0. The molecule has 2 aromatic rings. The maximum atomic E-state index is 13.8. The van der Waals surface area contributed by atoms with Crippen LogP contribution in [0, 0.1) is 5.82 Å². The fraction of sp³-hybridized carbons (Fsp3) is 0.263. The van der Waals surface area contributed by atoms with E-state index in [2.05, 4.69) is 10.6 Å². The van der Waals surface area contributed by atoms with E-state index in [-0.39, 0.29) is 17.6 Å². The van der Waals surface area contributed by atoms with Gasteiger partial charge >= 0.3 is 0 Å². The Morgan fingerprint density at radius 2 is 1.92 bits per heavy atom. The zero-order valence-corrected chi connectivity index (χ0v) is 14.2. The summed E-state index contributed by atoms with van der Waals surface area (Å²) in [6.45, 7) is 0. The number of hydrogen-bond donors (Lipinski definition) is 2. The van der Waals surface area contributed by atoms with Crippen LogP contribution >= 0.6 is 0 Å². The predicted octanol–water partition coefficient (Wildman–Crippen LogP) is 3.08. The average molecular weight is 341 g/mol. The molecule has 130 valence electrons. The van der Waals surface area contributed by atoms with Gasteiger partial charge in [0.05, 0.1) is 17.8 Å². The van der Waals surface area contributed by atoms with Gasteiger partial charge in [0.25, 0.3) is 0 Å². The van der Waals surface area contributed by atoms with E-state index in [9.17, 15) is 14.0 Å². The summed E-state index contributed by atoms with van der Waals surface area (Å²) in [6.07, 6.45) is 1.22. The van der Waals surface area contributed by atoms with E-state index in [0.29, 0.717) is 30.6 Å². The molecule has 2 amide bonds. The number of benzene rings is 2. The fourth-order valence-electron chi connectivity index (χ4n) is 2.75. The lowest BCUT2D eigenvalue weighted by molar-refractivity contribution is -0.128. The second-order valence-corrected chi connectivity index (χ2v) is 6.32. The SMILES string of the molecule is CN(C)C(=O)Cc1ccc(Nc2cc(F)cc3c2NC(=O)CC3)cc1. The highest BCUT2D eigenvalue weighted by atomic mass is 19.1. The van der Waals surface area contributed by atoms with E-state index in [0.717, 1.165) is 16.8 Å². The van der Waals surface area contributed by atoms with Crippen molar-refractivity contribution in [3.05, 3.63) is 53.3 Å². The van der Waals surface area contributed by atoms with Crippen molar-refractivity contribution < 1.29 is 14.0 Å². The number of hydrogen-bond acceptors (Lipinski definition) is 3. The quantitative estimate of drug-likeness (QED) is 0.898. The number of nitrogens with zero attached hydrogens (tertiary/aromatic N) is 1. The minimum atomic E-state index is -0.342. The Labute approximate surface area is 145 Å². The van der Waals surface area contributed by atoms with Gasteiger partial charge in [0.1, 0.15) is 5.82 Å². The molecule has 0 aliphatic carbocycles. The monoisotopic (exact) mass is 341 g/mol. The molecule has 0 atom stereocenters. The first-order chi connectivity index (χ1) is 11.9. The predicted molar refractivity (Wildman–Crippen MR) is 95.5 cm³/mol. The van der Waals surface area contributed by atoms with Crippen LogP contribution < -0.4 is 10.6 Å². The third-order valence-corrected chi connectivity index (χ3v) is 4.16. The molecule has 1 aliphatic heterocycles. The number of likely N-dealkylation sites (N-methyl/N-ethyl adjacent to an activating group) is 1. The molecule has 0 fully saturated rings. The standard InChI is InChI=1S/C19H20FN3O2/c1-23(2)18(25)9-12-3-6-15(7-4-12)21-16-11-14(20)10-13-5-8-17(24)22-19(13)16/h3-4,6-7,10-11,21H,5,8-9H2,1-2H3,(H,22,24). The van der Waals surface area contributed by atoms with Gasteiger partial charge in [-0.2, -0.15) is 0 Å². The normalized spacial score (nSPS) is 13.0. The molecule has 2 N–H and O–H groups in total. The van der Waals surface area contributed by atoms with Gasteiger partial charge in [0, 0.05) is 26.2 Å². The van der Waals surface area contributed by atoms with Crippen molar-refractivity contribution in [2.45, 2.75) is 19.3 Å². The topological polar surface area (TPSA) is 61.4 Å². The van der Waals surface area contributed by atoms with Crippen molar-refractivity contribution in [1.82, 2.24) is 4.90 Å². The van der Waals surface area contributed by atoms with Crippen LogP contribution in [0.5, 0.6) is 0 Å².